The Bertz CT molecular complexity index is 721. The van der Waals surface area contributed by atoms with E-state index in [2.05, 4.69) is 82.4 Å². The molecule has 1 aliphatic rings. The summed E-state index contributed by atoms with van der Waals surface area (Å²) in [7, 11) is 0. The number of benzene rings is 2. The van der Waals surface area contributed by atoms with Gasteiger partial charge in [-0.05, 0) is 67.8 Å². The van der Waals surface area contributed by atoms with Gasteiger partial charge in [-0.15, -0.1) is 0 Å². The minimum atomic E-state index is 0.675. The van der Waals surface area contributed by atoms with Gasteiger partial charge in [0.1, 0.15) is 0 Å². The van der Waals surface area contributed by atoms with E-state index in [1.807, 2.05) is 0 Å². The van der Waals surface area contributed by atoms with Crippen molar-refractivity contribution in [3.05, 3.63) is 71.3 Å². The normalized spacial score (nSPS) is 18.2. The summed E-state index contributed by atoms with van der Waals surface area (Å²) >= 11 is 3.85. The first-order valence-electron chi connectivity index (χ1n) is 11.0. The van der Waals surface area contributed by atoms with Gasteiger partial charge in [-0.25, -0.2) is 0 Å². The third-order valence-corrected chi connectivity index (χ3v) is 6.66. The molecule has 0 radical (unpaired) electrons. The highest BCUT2D eigenvalue weighted by Crippen LogP contribution is 2.39. The van der Waals surface area contributed by atoms with E-state index in [1.54, 1.807) is 6.07 Å². The second kappa shape index (κ2) is 13.6. The molecular formula is C26H35BrN2. The van der Waals surface area contributed by atoms with Gasteiger partial charge in [0.15, 0.2) is 0 Å². The van der Waals surface area contributed by atoms with Gasteiger partial charge in [0.2, 0.25) is 0 Å². The van der Waals surface area contributed by atoms with Crippen LogP contribution in [0.1, 0.15) is 68.6 Å². The van der Waals surface area contributed by atoms with Crippen LogP contribution in [0.25, 0.3) is 0 Å². The Hall–Kier alpha value is -1.63. The summed E-state index contributed by atoms with van der Waals surface area (Å²) < 4.78 is 0. The average Bonchev–Trinajstić information content (AvgIpc) is 3.16. The molecule has 156 valence electrons. The molecule has 0 aromatic heterocycles. The van der Waals surface area contributed by atoms with Crippen molar-refractivity contribution in [2.75, 3.05) is 13.1 Å². The maximum absolute atomic E-state index is 7.32. The lowest BCUT2D eigenvalue weighted by atomic mass is 9.96. The second-order valence-corrected chi connectivity index (χ2v) is 9.06. The van der Waals surface area contributed by atoms with Crippen LogP contribution in [0.15, 0.2) is 54.6 Å². The Morgan fingerprint density at radius 2 is 1.69 bits per heavy atom. The number of nitriles is 1. The third kappa shape index (κ3) is 8.33. The van der Waals surface area contributed by atoms with Crippen LogP contribution in [-0.4, -0.2) is 22.8 Å². The topological polar surface area (TPSA) is 27.0 Å². The van der Waals surface area contributed by atoms with Crippen LogP contribution in [0.3, 0.4) is 0 Å². The van der Waals surface area contributed by atoms with Gasteiger partial charge in [0.25, 0.3) is 0 Å². The highest BCUT2D eigenvalue weighted by molar-refractivity contribution is 9.09. The first-order valence-corrected chi connectivity index (χ1v) is 11.9. The summed E-state index contributed by atoms with van der Waals surface area (Å²) in [5, 5.41) is 7.32. The van der Waals surface area contributed by atoms with Crippen molar-refractivity contribution < 1.29 is 0 Å². The maximum Gasteiger partial charge on any atom is 0.0587 e. The fourth-order valence-corrected chi connectivity index (χ4v) is 5.05. The molecule has 0 amide bonds. The van der Waals surface area contributed by atoms with E-state index in [0.717, 1.165) is 12.5 Å². The van der Waals surface area contributed by atoms with Gasteiger partial charge in [0.05, 0.1) is 6.07 Å². The number of rotatable bonds is 9. The molecule has 1 aliphatic carbocycles. The van der Waals surface area contributed by atoms with E-state index < -0.39 is 0 Å². The molecule has 0 aliphatic heterocycles. The van der Waals surface area contributed by atoms with Crippen LogP contribution in [0.5, 0.6) is 0 Å². The van der Waals surface area contributed by atoms with Crippen molar-refractivity contribution in [2.45, 2.75) is 69.7 Å². The van der Waals surface area contributed by atoms with E-state index in [0.29, 0.717) is 4.83 Å². The Morgan fingerprint density at radius 1 is 1.00 bits per heavy atom. The molecule has 2 unspecified atom stereocenters. The van der Waals surface area contributed by atoms with Crippen molar-refractivity contribution in [2.24, 2.45) is 0 Å². The Morgan fingerprint density at radius 3 is 2.28 bits per heavy atom. The molecule has 3 heteroatoms. The Labute approximate surface area is 186 Å². The molecule has 0 spiro atoms. The Kier molecular flexibility index (Phi) is 11.1. The number of hydrogen-bond acceptors (Lipinski definition) is 2. The van der Waals surface area contributed by atoms with Gasteiger partial charge < -0.3 is 0 Å². The maximum atomic E-state index is 7.32. The predicted molar refractivity (Wildman–Crippen MR) is 127 cm³/mol. The van der Waals surface area contributed by atoms with Crippen LogP contribution in [0.2, 0.25) is 0 Å². The molecular weight excluding hydrogens is 420 g/mol. The van der Waals surface area contributed by atoms with Crippen LogP contribution in [0, 0.1) is 11.3 Å². The van der Waals surface area contributed by atoms with Crippen molar-refractivity contribution in [1.29, 1.82) is 5.26 Å². The van der Waals surface area contributed by atoms with E-state index >= 15 is 0 Å². The van der Waals surface area contributed by atoms with E-state index in [-0.39, 0.29) is 0 Å². The van der Waals surface area contributed by atoms with Crippen molar-refractivity contribution in [3.63, 3.8) is 0 Å². The van der Waals surface area contributed by atoms with Gasteiger partial charge in [0, 0.05) is 18.3 Å². The number of halogens is 1. The van der Waals surface area contributed by atoms with Crippen molar-refractivity contribution >= 4 is 15.9 Å². The molecule has 2 atom stereocenters. The van der Waals surface area contributed by atoms with Gasteiger partial charge >= 0.3 is 0 Å². The summed E-state index contributed by atoms with van der Waals surface area (Å²) in [4.78, 5) is 3.27. The number of aryl methyl sites for hydroxylation is 1. The molecule has 1 saturated carbocycles. The van der Waals surface area contributed by atoms with Crippen LogP contribution in [-0.2, 0) is 13.0 Å². The molecule has 2 nitrogen and oxygen atoms in total. The van der Waals surface area contributed by atoms with Crippen molar-refractivity contribution in [1.82, 2.24) is 4.90 Å². The average molecular weight is 455 g/mol. The fraction of sp³-hybridized carbons (Fsp3) is 0.500. The summed E-state index contributed by atoms with van der Waals surface area (Å²) in [6.45, 7) is 7.14. The number of alkyl halides is 1. The molecule has 0 N–H and O–H groups in total. The van der Waals surface area contributed by atoms with E-state index in [1.165, 1.54) is 75.2 Å². The minimum Gasteiger partial charge on any atom is -0.299 e. The molecule has 0 heterocycles. The Balaban J connectivity index is 0.000000941. The zero-order valence-corrected chi connectivity index (χ0v) is 19.6. The highest BCUT2D eigenvalue weighted by atomic mass is 79.9. The molecule has 0 saturated heterocycles. The lowest BCUT2D eigenvalue weighted by Gasteiger charge is -2.22. The lowest BCUT2D eigenvalue weighted by molar-refractivity contribution is 0.262. The summed E-state index contributed by atoms with van der Waals surface area (Å²) in [5.41, 5.74) is 4.42. The molecule has 1 fully saturated rings. The van der Waals surface area contributed by atoms with Crippen molar-refractivity contribution in [3.8, 4) is 6.07 Å². The lowest BCUT2D eigenvalue weighted by Crippen LogP contribution is -2.25. The second-order valence-electron chi connectivity index (χ2n) is 7.88. The third-order valence-electron chi connectivity index (χ3n) is 5.57. The fourth-order valence-electron chi connectivity index (χ4n) is 4.16. The number of nitrogens with zero attached hydrogens (tertiary/aromatic N) is 2. The van der Waals surface area contributed by atoms with Gasteiger partial charge in [-0.2, -0.15) is 5.26 Å². The number of hydrogen-bond donors (Lipinski definition) is 0. The quantitative estimate of drug-likeness (QED) is 0.377. The smallest absolute Gasteiger partial charge is 0.0587 e. The van der Waals surface area contributed by atoms with Crippen LogP contribution < -0.4 is 0 Å². The summed E-state index contributed by atoms with van der Waals surface area (Å²) in [5.74, 6) is 0.718. The van der Waals surface area contributed by atoms with Gasteiger partial charge in [-0.1, -0.05) is 83.9 Å². The minimum absolute atomic E-state index is 0.675. The zero-order valence-electron chi connectivity index (χ0n) is 18.0. The van der Waals surface area contributed by atoms with Crippen LogP contribution in [0.4, 0.5) is 0 Å². The highest BCUT2D eigenvalue weighted by Gasteiger charge is 2.25. The molecule has 3 rings (SSSR count). The van der Waals surface area contributed by atoms with Gasteiger partial charge in [-0.3, -0.25) is 4.90 Å². The largest absolute Gasteiger partial charge is 0.299 e. The molecule has 2 aromatic rings. The predicted octanol–water partition coefficient (Wildman–Crippen LogP) is 7.09. The molecule has 29 heavy (non-hydrogen) atoms. The van der Waals surface area contributed by atoms with Crippen LogP contribution >= 0.6 is 15.9 Å². The monoisotopic (exact) mass is 454 g/mol. The van der Waals surface area contributed by atoms with E-state index in [4.69, 9.17) is 5.26 Å². The molecule has 0 bridgehead atoms. The first-order chi connectivity index (χ1) is 14.2. The summed E-state index contributed by atoms with van der Waals surface area (Å²) in [6.07, 6.45) is 7.64. The van der Waals surface area contributed by atoms with E-state index in [9.17, 15) is 0 Å². The zero-order chi connectivity index (χ0) is 20.9. The standard InChI is InChI=1S/C24H32BrN.C2H3N/c1-2-17-26(19-21-8-4-3-5-9-21)18-7-10-20-13-15-22(16-14-20)23-11-6-12-24(23)25;1-2-3/h3-5,8-9,13-16,23-24H,2,6-7,10-12,17-19H2,1H3;1H3. The SMILES string of the molecule is CC#N.CCCN(CCCc1ccc(C2CCCC2Br)cc1)Cc1ccccc1. The molecule has 2 aromatic carbocycles. The first kappa shape index (κ1) is 23.6. The summed E-state index contributed by atoms with van der Waals surface area (Å²) in [6, 6.07) is 22.1.